The number of hydrogen-bond donors (Lipinski definition) is 1. The van der Waals surface area contributed by atoms with Crippen LogP contribution in [-0.4, -0.2) is 52.4 Å². The van der Waals surface area contributed by atoms with E-state index >= 15 is 0 Å². The molecule has 0 aromatic heterocycles. The minimum Gasteiger partial charge on any atom is -0.465 e. The second-order valence-corrected chi connectivity index (χ2v) is 7.06. The molecule has 0 bridgehead atoms. The van der Waals surface area contributed by atoms with Crippen molar-refractivity contribution in [2.24, 2.45) is 0 Å². The number of piperazine rings is 1. The zero-order valence-electron chi connectivity index (χ0n) is 13.5. The van der Waals surface area contributed by atoms with Crippen molar-refractivity contribution in [3.05, 3.63) is 66.2 Å². The van der Waals surface area contributed by atoms with Crippen molar-refractivity contribution in [2.45, 2.75) is 17.5 Å². The SMILES string of the molecule is O=C(O)N1CCN(Cc2ccccc2)[C@H](CSc2ccccc2)C1. The summed E-state index contributed by atoms with van der Waals surface area (Å²) >= 11 is 1.79. The molecule has 1 N–H and O–H groups in total. The lowest BCUT2D eigenvalue weighted by atomic mass is 10.1. The maximum atomic E-state index is 11.3. The maximum absolute atomic E-state index is 11.3. The van der Waals surface area contributed by atoms with Gasteiger partial charge < -0.3 is 10.0 Å². The number of amides is 1. The Kier molecular flexibility index (Phi) is 5.77. The topological polar surface area (TPSA) is 43.8 Å². The van der Waals surface area contributed by atoms with E-state index < -0.39 is 6.09 Å². The van der Waals surface area contributed by atoms with Crippen LogP contribution in [0.5, 0.6) is 0 Å². The van der Waals surface area contributed by atoms with Crippen LogP contribution in [0.4, 0.5) is 4.79 Å². The van der Waals surface area contributed by atoms with Crippen LogP contribution >= 0.6 is 11.8 Å². The molecule has 0 aliphatic carbocycles. The van der Waals surface area contributed by atoms with E-state index in [0.717, 1.165) is 18.8 Å². The summed E-state index contributed by atoms with van der Waals surface area (Å²) in [5.74, 6) is 0.890. The van der Waals surface area contributed by atoms with Crippen LogP contribution in [0.1, 0.15) is 5.56 Å². The summed E-state index contributed by atoms with van der Waals surface area (Å²) < 4.78 is 0. The van der Waals surface area contributed by atoms with E-state index in [1.165, 1.54) is 15.4 Å². The molecular weight excluding hydrogens is 320 g/mol. The van der Waals surface area contributed by atoms with E-state index in [0.29, 0.717) is 13.1 Å². The molecule has 5 heteroatoms. The summed E-state index contributed by atoms with van der Waals surface area (Å²) in [7, 11) is 0. The van der Waals surface area contributed by atoms with Crippen molar-refractivity contribution in [3.63, 3.8) is 0 Å². The molecule has 4 nitrogen and oxygen atoms in total. The van der Waals surface area contributed by atoms with Gasteiger partial charge in [0.15, 0.2) is 0 Å². The lowest BCUT2D eigenvalue weighted by Crippen LogP contribution is -2.55. The number of benzene rings is 2. The van der Waals surface area contributed by atoms with Crippen molar-refractivity contribution in [3.8, 4) is 0 Å². The maximum Gasteiger partial charge on any atom is 0.407 e. The highest BCUT2D eigenvalue weighted by Crippen LogP contribution is 2.23. The monoisotopic (exact) mass is 342 g/mol. The first-order valence-corrected chi connectivity index (χ1v) is 9.14. The fourth-order valence-electron chi connectivity index (χ4n) is 2.96. The van der Waals surface area contributed by atoms with Crippen LogP contribution in [0.15, 0.2) is 65.6 Å². The van der Waals surface area contributed by atoms with Gasteiger partial charge in [-0.25, -0.2) is 4.79 Å². The molecule has 1 aliphatic heterocycles. The van der Waals surface area contributed by atoms with Crippen molar-refractivity contribution in [1.29, 1.82) is 0 Å². The zero-order valence-corrected chi connectivity index (χ0v) is 14.4. The minimum absolute atomic E-state index is 0.222. The van der Waals surface area contributed by atoms with Crippen LogP contribution in [-0.2, 0) is 6.54 Å². The highest BCUT2D eigenvalue weighted by Gasteiger charge is 2.29. The van der Waals surface area contributed by atoms with Gasteiger partial charge in [0, 0.05) is 42.9 Å². The van der Waals surface area contributed by atoms with Gasteiger partial charge >= 0.3 is 6.09 Å². The molecule has 1 fully saturated rings. The summed E-state index contributed by atoms with van der Waals surface area (Å²) in [5, 5.41) is 9.32. The normalized spacial score (nSPS) is 18.5. The standard InChI is InChI=1S/C19H22N2O2S/c22-19(23)21-12-11-20(13-16-7-3-1-4-8-16)17(14-21)15-24-18-9-5-2-6-10-18/h1-10,17H,11-15H2,(H,22,23)/t17-/m0/s1. The van der Waals surface area contributed by atoms with Gasteiger partial charge in [-0.3, -0.25) is 4.90 Å². The number of nitrogens with zero attached hydrogens (tertiary/aromatic N) is 2. The summed E-state index contributed by atoms with van der Waals surface area (Å²) in [4.78, 5) is 16.5. The molecule has 126 valence electrons. The van der Waals surface area contributed by atoms with Gasteiger partial charge in [-0.15, -0.1) is 11.8 Å². The van der Waals surface area contributed by atoms with Gasteiger partial charge in [-0.2, -0.15) is 0 Å². The third-order valence-electron chi connectivity index (χ3n) is 4.29. The molecule has 24 heavy (non-hydrogen) atoms. The van der Waals surface area contributed by atoms with E-state index in [4.69, 9.17) is 0 Å². The van der Waals surface area contributed by atoms with Crippen LogP contribution < -0.4 is 0 Å². The Labute approximate surface area is 147 Å². The first kappa shape index (κ1) is 16.9. The molecular formula is C19H22N2O2S. The average Bonchev–Trinajstić information content (AvgIpc) is 2.62. The molecule has 1 amide bonds. The Morgan fingerprint density at radius 2 is 1.71 bits per heavy atom. The van der Waals surface area contributed by atoms with Crippen molar-refractivity contribution in [2.75, 3.05) is 25.4 Å². The Hall–Kier alpha value is -1.98. The summed E-state index contributed by atoms with van der Waals surface area (Å²) in [6, 6.07) is 20.9. The Morgan fingerprint density at radius 3 is 2.38 bits per heavy atom. The first-order chi connectivity index (χ1) is 11.7. The number of rotatable bonds is 5. The molecule has 0 radical (unpaired) electrons. The molecule has 3 rings (SSSR count). The number of thioether (sulfide) groups is 1. The van der Waals surface area contributed by atoms with Crippen LogP contribution in [0.3, 0.4) is 0 Å². The largest absolute Gasteiger partial charge is 0.465 e. The van der Waals surface area contributed by atoms with Gasteiger partial charge in [0.25, 0.3) is 0 Å². The summed E-state index contributed by atoms with van der Waals surface area (Å²) in [6.45, 7) is 2.80. The predicted octanol–water partition coefficient (Wildman–Crippen LogP) is 3.64. The van der Waals surface area contributed by atoms with Gasteiger partial charge in [0.2, 0.25) is 0 Å². The molecule has 1 heterocycles. The lowest BCUT2D eigenvalue weighted by Gasteiger charge is -2.40. The quantitative estimate of drug-likeness (QED) is 0.843. The molecule has 0 unspecified atom stereocenters. The molecule has 0 spiro atoms. The van der Waals surface area contributed by atoms with E-state index in [-0.39, 0.29) is 6.04 Å². The van der Waals surface area contributed by atoms with E-state index in [2.05, 4.69) is 41.3 Å². The van der Waals surface area contributed by atoms with Crippen LogP contribution in [0, 0.1) is 0 Å². The summed E-state index contributed by atoms with van der Waals surface area (Å²) in [5.41, 5.74) is 1.27. The van der Waals surface area contributed by atoms with Gasteiger partial charge in [0.1, 0.15) is 0 Å². The minimum atomic E-state index is -0.816. The Bertz CT molecular complexity index is 651. The molecule has 2 aromatic rings. The Balaban J connectivity index is 1.67. The second kappa shape index (κ2) is 8.22. The van der Waals surface area contributed by atoms with E-state index in [1.54, 1.807) is 11.8 Å². The molecule has 1 aliphatic rings. The van der Waals surface area contributed by atoms with Crippen LogP contribution in [0.2, 0.25) is 0 Å². The third kappa shape index (κ3) is 4.52. The first-order valence-electron chi connectivity index (χ1n) is 8.16. The fraction of sp³-hybridized carbons (Fsp3) is 0.316. The third-order valence-corrected chi connectivity index (χ3v) is 5.45. The smallest absolute Gasteiger partial charge is 0.407 e. The van der Waals surface area contributed by atoms with Gasteiger partial charge in [0.05, 0.1) is 0 Å². The number of hydrogen-bond acceptors (Lipinski definition) is 3. The van der Waals surface area contributed by atoms with Crippen LogP contribution in [0.25, 0.3) is 0 Å². The highest BCUT2D eigenvalue weighted by atomic mass is 32.2. The number of carbonyl (C=O) groups is 1. The zero-order chi connectivity index (χ0) is 16.8. The van der Waals surface area contributed by atoms with Crippen molar-refractivity contribution >= 4 is 17.9 Å². The second-order valence-electron chi connectivity index (χ2n) is 5.96. The van der Waals surface area contributed by atoms with E-state index in [9.17, 15) is 9.90 Å². The van der Waals surface area contributed by atoms with Gasteiger partial charge in [-0.05, 0) is 17.7 Å². The van der Waals surface area contributed by atoms with E-state index in [1.807, 2.05) is 24.3 Å². The molecule has 1 atom stereocenters. The molecule has 1 saturated heterocycles. The lowest BCUT2D eigenvalue weighted by molar-refractivity contribution is 0.0729. The molecule has 0 saturated carbocycles. The van der Waals surface area contributed by atoms with Crippen molar-refractivity contribution < 1.29 is 9.90 Å². The van der Waals surface area contributed by atoms with Gasteiger partial charge in [-0.1, -0.05) is 48.5 Å². The summed E-state index contributed by atoms with van der Waals surface area (Å²) in [6.07, 6.45) is -0.816. The predicted molar refractivity (Wildman–Crippen MR) is 97.4 cm³/mol. The fourth-order valence-corrected chi connectivity index (χ4v) is 4.01. The number of carboxylic acid groups (broad SMARTS) is 1. The average molecular weight is 342 g/mol. The Morgan fingerprint density at radius 1 is 1.04 bits per heavy atom. The van der Waals surface area contributed by atoms with Crippen molar-refractivity contribution in [1.82, 2.24) is 9.80 Å². The highest BCUT2D eigenvalue weighted by molar-refractivity contribution is 7.99. The molecule has 2 aromatic carbocycles.